The largest absolute Gasteiger partial charge is 0.441 e. The number of oxazole rings is 1. The summed E-state index contributed by atoms with van der Waals surface area (Å²) in [5.41, 5.74) is 8.74. The van der Waals surface area contributed by atoms with Crippen molar-refractivity contribution < 1.29 is 4.42 Å². The third-order valence-electron chi connectivity index (χ3n) is 3.58. The van der Waals surface area contributed by atoms with Crippen LogP contribution >= 0.6 is 0 Å². The number of nitrogens with two attached hydrogens (primary N) is 1. The summed E-state index contributed by atoms with van der Waals surface area (Å²) in [5.74, 6) is 1.21. The SMILES string of the molecule is Cc1nc2ccc(C(C(C)CCN)N(C)C)cc2o1. The number of nitrogens with zero attached hydrogens (tertiary/aromatic N) is 2. The van der Waals surface area contributed by atoms with E-state index in [9.17, 15) is 0 Å². The molecule has 4 heteroatoms. The Bertz CT molecular complexity index is 547. The number of aromatic nitrogens is 1. The molecule has 2 N–H and O–H groups in total. The highest BCUT2D eigenvalue weighted by molar-refractivity contribution is 5.73. The zero-order chi connectivity index (χ0) is 14.0. The summed E-state index contributed by atoms with van der Waals surface area (Å²) in [6.07, 6.45) is 1.01. The van der Waals surface area contributed by atoms with Gasteiger partial charge in [-0.15, -0.1) is 0 Å². The van der Waals surface area contributed by atoms with E-state index >= 15 is 0 Å². The van der Waals surface area contributed by atoms with Gasteiger partial charge < -0.3 is 15.1 Å². The number of aryl methyl sites for hydroxylation is 1. The molecule has 1 aromatic heterocycles. The van der Waals surface area contributed by atoms with E-state index in [0.29, 0.717) is 17.9 Å². The molecule has 2 aromatic rings. The van der Waals surface area contributed by atoms with E-state index in [1.165, 1.54) is 5.56 Å². The van der Waals surface area contributed by atoms with Gasteiger partial charge in [-0.2, -0.15) is 0 Å². The van der Waals surface area contributed by atoms with Gasteiger partial charge in [0.2, 0.25) is 0 Å². The Morgan fingerprint density at radius 2 is 2.11 bits per heavy atom. The van der Waals surface area contributed by atoms with Gasteiger partial charge >= 0.3 is 0 Å². The Hall–Kier alpha value is -1.39. The summed E-state index contributed by atoms with van der Waals surface area (Å²) in [5, 5.41) is 0. The third kappa shape index (κ3) is 2.96. The summed E-state index contributed by atoms with van der Waals surface area (Å²) in [4.78, 5) is 6.58. The molecule has 0 aliphatic carbocycles. The van der Waals surface area contributed by atoms with Crippen molar-refractivity contribution in [3.05, 3.63) is 29.7 Å². The second kappa shape index (κ2) is 5.72. The van der Waals surface area contributed by atoms with E-state index in [2.05, 4.69) is 43.0 Å². The molecule has 0 amide bonds. The molecule has 2 atom stereocenters. The molecule has 4 nitrogen and oxygen atoms in total. The van der Waals surface area contributed by atoms with Crippen LogP contribution in [-0.4, -0.2) is 30.5 Å². The van der Waals surface area contributed by atoms with Crippen LogP contribution in [0.1, 0.15) is 30.8 Å². The molecule has 19 heavy (non-hydrogen) atoms. The quantitative estimate of drug-likeness (QED) is 0.899. The topological polar surface area (TPSA) is 55.3 Å². The van der Waals surface area contributed by atoms with Gasteiger partial charge in [-0.05, 0) is 50.7 Å². The Kier molecular flexibility index (Phi) is 4.22. The van der Waals surface area contributed by atoms with E-state index < -0.39 is 0 Å². The highest BCUT2D eigenvalue weighted by Gasteiger charge is 2.21. The molecule has 0 aliphatic heterocycles. The van der Waals surface area contributed by atoms with Gasteiger partial charge in [0.1, 0.15) is 5.52 Å². The molecule has 104 valence electrons. The second-order valence-electron chi connectivity index (χ2n) is 5.42. The van der Waals surface area contributed by atoms with Crippen LogP contribution in [0.25, 0.3) is 11.1 Å². The van der Waals surface area contributed by atoms with Crippen molar-refractivity contribution in [1.82, 2.24) is 9.88 Å². The summed E-state index contributed by atoms with van der Waals surface area (Å²) in [6, 6.07) is 6.63. The number of fused-ring (bicyclic) bond motifs is 1. The predicted octanol–water partition coefficient (Wildman–Crippen LogP) is 2.72. The van der Waals surface area contributed by atoms with Gasteiger partial charge in [0.15, 0.2) is 11.5 Å². The van der Waals surface area contributed by atoms with Crippen molar-refractivity contribution >= 4 is 11.1 Å². The van der Waals surface area contributed by atoms with Crippen molar-refractivity contribution in [3.63, 3.8) is 0 Å². The molecule has 0 saturated heterocycles. The molecule has 1 aromatic carbocycles. The van der Waals surface area contributed by atoms with Crippen LogP contribution in [0.2, 0.25) is 0 Å². The lowest BCUT2D eigenvalue weighted by atomic mass is 9.91. The maximum absolute atomic E-state index is 5.69. The zero-order valence-electron chi connectivity index (χ0n) is 12.2. The minimum absolute atomic E-state index is 0.346. The molecular formula is C15H23N3O. The van der Waals surface area contributed by atoms with Crippen LogP contribution in [0.4, 0.5) is 0 Å². The first-order chi connectivity index (χ1) is 9.02. The Morgan fingerprint density at radius 1 is 1.37 bits per heavy atom. The summed E-state index contributed by atoms with van der Waals surface area (Å²) >= 11 is 0. The average Bonchev–Trinajstić information content (AvgIpc) is 2.68. The molecule has 0 spiro atoms. The maximum atomic E-state index is 5.69. The van der Waals surface area contributed by atoms with Crippen molar-refractivity contribution in [3.8, 4) is 0 Å². The minimum atomic E-state index is 0.346. The monoisotopic (exact) mass is 261 g/mol. The summed E-state index contributed by atoms with van der Waals surface area (Å²) in [6.45, 7) is 4.84. The first-order valence-electron chi connectivity index (χ1n) is 6.76. The predicted molar refractivity (Wildman–Crippen MR) is 78.0 cm³/mol. The van der Waals surface area contributed by atoms with Gasteiger partial charge in [-0.3, -0.25) is 0 Å². The number of rotatable bonds is 5. The average molecular weight is 261 g/mol. The molecule has 0 aliphatic rings. The fourth-order valence-electron chi connectivity index (χ4n) is 2.80. The molecule has 0 saturated carbocycles. The van der Waals surface area contributed by atoms with E-state index in [1.807, 2.05) is 13.0 Å². The van der Waals surface area contributed by atoms with Crippen LogP contribution < -0.4 is 5.73 Å². The minimum Gasteiger partial charge on any atom is -0.441 e. The number of benzene rings is 1. The van der Waals surface area contributed by atoms with E-state index in [4.69, 9.17) is 10.2 Å². The lowest BCUT2D eigenvalue weighted by Gasteiger charge is -2.30. The van der Waals surface area contributed by atoms with Gasteiger partial charge in [0, 0.05) is 13.0 Å². The fourth-order valence-corrected chi connectivity index (χ4v) is 2.80. The van der Waals surface area contributed by atoms with Crippen LogP contribution in [-0.2, 0) is 0 Å². The standard InChI is InChI=1S/C15H23N3O/c1-10(7-8-16)15(18(3)4)12-5-6-13-14(9-12)19-11(2)17-13/h5-6,9-10,15H,7-8,16H2,1-4H3. The Labute approximate surface area is 114 Å². The molecule has 2 unspecified atom stereocenters. The lowest BCUT2D eigenvalue weighted by molar-refractivity contribution is 0.217. The second-order valence-corrected chi connectivity index (χ2v) is 5.42. The van der Waals surface area contributed by atoms with E-state index in [-0.39, 0.29) is 0 Å². The van der Waals surface area contributed by atoms with Crippen molar-refractivity contribution in [2.75, 3.05) is 20.6 Å². The highest BCUT2D eigenvalue weighted by atomic mass is 16.3. The normalized spacial score (nSPS) is 15.1. The number of hydrogen-bond donors (Lipinski definition) is 1. The fraction of sp³-hybridized carbons (Fsp3) is 0.533. The van der Waals surface area contributed by atoms with Crippen LogP contribution in [0.5, 0.6) is 0 Å². The van der Waals surface area contributed by atoms with Gasteiger partial charge in [0.25, 0.3) is 0 Å². The van der Waals surface area contributed by atoms with Crippen molar-refractivity contribution in [2.24, 2.45) is 11.7 Å². The third-order valence-corrected chi connectivity index (χ3v) is 3.58. The zero-order valence-corrected chi connectivity index (χ0v) is 12.2. The maximum Gasteiger partial charge on any atom is 0.192 e. The summed E-state index contributed by atoms with van der Waals surface area (Å²) in [7, 11) is 4.21. The first-order valence-corrected chi connectivity index (χ1v) is 6.76. The van der Waals surface area contributed by atoms with Crippen LogP contribution in [0.3, 0.4) is 0 Å². The molecule has 2 rings (SSSR count). The number of hydrogen-bond acceptors (Lipinski definition) is 4. The molecule has 1 heterocycles. The van der Waals surface area contributed by atoms with Gasteiger partial charge in [0.05, 0.1) is 0 Å². The Morgan fingerprint density at radius 3 is 2.74 bits per heavy atom. The molecule has 0 bridgehead atoms. The molecule has 0 radical (unpaired) electrons. The van der Waals surface area contributed by atoms with Crippen molar-refractivity contribution in [2.45, 2.75) is 26.3 Å². The van der Waals surface area contributed by atoms with E-state index in [1.54, 1.807) is 0 Å². The van der Waals surface area contributed by atoms with Gasteiger partial charge in [-0.25, -0.2) is 4.98 Å². The van der Waals surface area contributed by atoms with Crippen LogP contribution in [0.15, 0.2) is 22.6 Å². The van der Waals surface area contributed by atoms with Crippen molar-refractivity contribution in [1.29, 1.82) is 0 Å². The highest BCUT2D eigenvalue weighted by Crippen LogP contribution is 2.30. The smallest absolute Gasteiger partial charge is 0.192 e. The summed E-state index contributed by atoms with van der Waals surface area (Å²) < 4.78 is 5.62. The molecular weight excluding hydrogens is 238 g/mol. The van der Waals surface area contributed by atoms with E-state index in [0.717, 1.165) is 24.1 Å². The Balaban J connectivity index is 2.38. The lowest BCUT2D eigenvalue weighted by Crippen LogP contribution is -2.27. The first kappa shape index (κ1) is 14.0. The van der Waals surface area contributed by atoms with Gasteiger partial charge in [-0.1, -0.05) is 13.0 Å². The molecule has 0 fully saturated rings. The van der Waals surface area contributed by atoms with Crippen LogP contribution in [0, 0.1) is 12.8 Å².